The average molecular weight is 259 g/mol. The Morgan fingerprint density at radius 1 is 1.18 bits per heavy atom. The van der Waals surface area contributed by atoms with E-state index in [1.165, 1.54) is 6.42 Å². The summed E-state index contributed by atoms with van der Waals surface area (Å²) in [6, 6.07) is 0.123. The molecule has 2 aliphatic rings. The highest BCUT2D eigenvalue weighted by molar-refractivity contribution is 7.86. The Labute approximate surface area is 107 Å². The van der Waals surface area contributed by atoms with Gasteiger partial charge in [0.05, 0.1) is 5.25 Å². The molecule has 0 aromatic heterocycles. The van der Waals surface area contributed by atoms with Gasteiger partial charge in [0.2, 0.25) is 0 Å². The second-order valence-corrected chi connectivity index (χ2v) is 7.69. The summed E-state index contributed by atoms with van der Waals surface area (Å²) in [7, 11) is -0.773. The van der Waals surface area contributed by atoms with Crippen molar-refractivity contribution in [2.45, 2.75) is 56.1 Å². The number of nitrogens with two attached hydrogens (primary N) is 1. The van der Waals surface area contributed by atoms with Crippen LogP contribution in [0.25, 0.3) is 0 Å². The number of ether oxygens (including phenoxy) is 1. The van der Waals surface area contributed by atoms with Crippen molar-refractivity contribution >= 4 is 10.8 Å². The first-order chi connectivity index (χ1) is 8.09. The van der Waals surface area contributed by atoms with Gasteiger partial charge in [-0.25, -0.2) is 0 Å². The minimum absolute atomic E-state index is 0.123. The van der Waals surface area contributed by atoms with Gasteiger partial charge < -0.3 is 10.5 Å². The van der Waals surface area contributed by atoms with E-state index in [-0.39, 0.29) is 11.3 Å². The van der Waals surface area contributed by atoms with E-state index in [2.05, 4.69) is 13.8 Å². The van der Waals surface area contributed by atoms with E-state index in [0.717, 1.165) is 32.5 Å². The molecular weight excluding hydrogens is 234 g/mol. The maximum absolute atomic E-state index is 12.7. The second kappa shape index (κ2) is 5.81. The second-order valence-electron chi connectivity index (χ2n) is 5.82. The summed E-state index contributed by atoms with van der Waals surface area (Å²) >= 11 is 0. The fourth-order valence-corrected chi connectivity index (χ4v) is 5.54. The van der Waals surface area contributed by atoms with E-state index >= 15 is 0 Å². The molecule has 1 aliphatic heterocycles. The molecule has 2 rings (SSSR count). The fourth-order valence-electron chi connectivity index (χ4n) is 3.42. The molecule has 5 atom stereocenters. The molecule has 2 fully saturated rings. The van der Waals surface area contributed by atoms with E-state index in [9.17, 15) is 4.21 Å². The van der Waals surface area contributed by atoms with Gasteiger partial charge in [-0.05, 0) is 37.5 Å². The van der Waals surface area contributed by atoms with Gasteiger partial charge in [-0.3, -0.25) is 4.21 Å². The largest absolute Gasteiger partial charge is 0.381 e. The normalized spacial score (nSPS) is 42.3. The summed E-state index contributed by atoms with van der Waals surface area (Å²) in [5, 5.41) is 0.518. The molecular formula is C13H25NO2S. The van der Waals surface area contributed by atoms with Crippen LogP contribution in [0.1, 0.15) is 39.5 Å². The zero-order valence-corrected chi connectivity index (χ0v) is 11.7. The Kier molecular flexibility index (Phi) is 4.61. The molecule has 0 spiro atoms. The van der Waals surface area contributed by atoms with Crippen molar-refractivity contribution in [2.75, 3.05) is 13.2 Å². The number of hydrogen-bond acceptors (Lipinski definition) is 3. The van der Waals surface area contributed by atoms with Crippen LogP contribution in [-0.4, -0.2) is 34.0 Å². The van der Waals surface area contributed by atoms with E-state index < -0.39 is 10.8 Å². The number of rotatable bonds is 2. The Balaban J connectivity index is 2.01. The molecule has 1 saturated carbocycles. The maximum atomic E-state index is 12.7. The van der Waals surface area contributed by atoms with Crippen LogP contribution in [0.3, 0.4) is 0 Å². The molecule has 1 saturated heterocycles. The highest BCUT2D eigenvalue weighted by Gasteiger charge is 2.38. The molecule has 0 aromatic rings. The van der Waals surface area contributed by atoms with Crippen LogP contribution in [0.2, 0.25) is 0 Å². The van der Waals surface area contributed by atoms with Crippen molar-refractivity contribution in [3.05, 3.63) is 0 Å². The summed E-state index contributed by atoms with van der Waals surface area (Å²) in [5.74, 6) is 1.18. The third-order valence-corrected chi connectivity index (χ3v) is 6.68. The summed E-state index contributed by atoms with van der Waals surface area (Å²) in [5.41, 5.74) is 6.24. The highest BCUT2D eigenvalue weighted by atomic mass is 32.2. The lowest BCUT2D eigenvalue weighted by Crippen LogP contribution is -2.50. The van der Waals surface area contributed by atoms with Crippen LogP contribution >= 0.6 is 0 Å². The molecule has 0 bridgehead atoms. The van der Waals surface area contributed by atoms with Crippen LogP contribution in [0, 0.1) is 11.8 Å². The number of hydrogen-bond donors (Lipinski definition) is 1. The third kappa shape index (κ3) is 3.09. The van der Waals surface area contributed by atoms with Gasteiger partial charge in [-0.1, -0.05) is 13.8 Å². The van der Waals surface area contributed by atoms with E-state index in [1.807, 2.05) is 0 Å². The van der Waals surface area contributed by atoms with E-state index in [4.69, 9.17) is 10.5 Å². The predicted molar refractivity (Wildman–Crippen MR) is 71.3 cm³/mol. The zero-order valence-electron chi connectivity index (χ0n) is 10.9. The van der Waals surface area contributed by atoms with Crippen LogP contribution in [0.4, 0.5) is 0 Å². The van der Waals surface area contributed by atoms with Gasteiger partial charge in [0.15, 0.2) is 0 Å². The highest BCUT2D eigenvalue weighted by Crippen LogP contribution is 2.33. The molecule has 3 nitrogen and oxygen atoms in total. The fraction of sp³-hybridized carbons (Fsp3) is 1.00. The van der Waals surface area contributed by atoms with Gasteiger partial charge in [-0.15, -0.1) is 0 Å². The van der Waals surface area contributed by atoms with Crippen molar-refractivity contribution in [2.24, 2.45) is 17.6 Å². The molecule has 100 valence electrons. The molecule has 17 heavy (non-hydrogen) atoms. The van der Waals surface area contributed by atoms with Crippen LogP contribution < -0.4 is 5.73 Å². The van der Waals surface area contributed by atoms with Crippen LogP contribution in [0.15, 0.2) is 0 Å². The van der Waals surface area contributed by atoms with Gasteiger partial charge in [-0.2, -0.15) is 0 Å². The molecule has 1 heterocycles. The van der Waals surface area contributed by atoms with E-state index in [0.29, 0.717) is 17.1 Å². The summed E-state index contributed by atoms with van der Waals surface area (Å²) in [6.45, 7) is 6.01. The SMILES string of the molecule is CC1CC(C)C(S(=O)C2CCOCC2)C(N)C1. The van der Waals surface area contributed by atoms with Crippen LogP contribution in [0.5, 0.6) is 0 Å². The lowest BCUT2D eigenvalue weighted by Gasteiger charge is -2.39. The topological polar surface area (TPSA) is 52.3 Å². The quantitative estimate of drug-likeness (QED) is 0.821. The first-order valence-corrected chi connectivity index (χ1v) is 8.10. The van der Waals surface area contributed by atoms with E-state index in [1.54, 1.807) is 0 Å². The Bertz CT molecular complexity index is 267. The summed E-state index contributed by atoms with van der Waals surface area (Å²) in [6.07, 6.45) is 4.09. The third-order valence-electron chi connectivity index (χ3n) is 4.20. The lowest BCUT2D eigenvalue weighted by atomic mass is 9.80. The smallest absolute Gasteiger partial charge is 0.0527 e. The van der Waals surface area contributed by atoms with Crippen LogP contribution in [-0.2, 0) is 15.5 Å². The van der Waals surface area contributed by atoms with Crippen molar-refractivity contribution in [3.8, 4) is 0 Å². The van der Waals surface area contributed by atoms with Crippen molar-refractivity contribution in [1.29, 1.82) is 0 Å². The average Bonchev–Trinajstić information content (AvgIpc) is 2.28. The molecule has 5 unspecified atom stereocenters. The standard InChI is InChI=1S/C13H25NO2S/c1-9-7-10(2)13(12(14)8-9)17(15)11-3-5-16-6-4-11/h9-13H,3-8,14H2,1-2H3. The van der Waals surface area contributed by atoms with Gasteiger partial charge in [0.25, 0.3) is 0 Å². The predicted octanol–water partition coefficient (Wildman–Crippen LogP) is 1.68. The summed E-state index contributed by atoms with van der Waals surface area (Å²) in [4.78, 5) is 0. The van der Waals surface area contributed by atoms with Gasteiger partial charge in [0, 0.05) is 35.3 Å². The Morgan fingerprint density at radius 3 is 2.41 bits per heavy atom. The van der Waals surface area contributed by atoms with Gasteiger partial charge >= 0.3 is 0 Å². The van der Waals surface area contributed by atoms with Crippen molar-refractivity contribution < 1.29 is 8.95 Å². The molecule has 0 aromatic carbocycles. The molecule has 4 heteroatoms. The molecule has 2 N–H and O–H groups in total. The molecule has 0 amide bonds. The Hall–Kier alpha value is 0.0700. The minimum Gasteiger partial charge on any atom is -0.381 e. The van der Waals surface area contributed by atoms with Crippen molar-refractivity contribution in [1.82, 2.24) is 0 Å². The first kappa shape index (κ1) is 13.5. The lowest BCUT2D eigenvalue weighted by molar-refractivity contribution is 0.0987. The minimum atomic E-state index is -0.773. The van der Waals surface area contributed by atoms with Gasteiger partial charge in [0.1, 0.15) is 0 Å². The maximum Gasteiger partial charge on any atom is 0.0527 e. The first-order valence-electron chi connectivity index (χ1n) is 6.82. The molecule has 0 radical (unpaired) electrons. The Morgan fingerprint density at radius 2 is 1.82 bits per heavy atom. The zero-order chi connectivity index (χ0) is 12.4. The van der Waals surface area contributed by atoms with Crippen molar-refractivity contribution in [3.63, 3.8) is 0 Å². The molecule has 1 aliphatic carbocycles. The summed E-state index contributed by atoms with van der Waals surface area (Å²) < 4.78 is 18.0. The monoisotopic (exact) mass is 259 g/mol.